The van der Waals surface area contributed by atoms with Gasteiger partial charge in [0.05, 0.1) is 18.0 Å². The summed E-state index contributed by atoms with van der Waals surface area (Å²) in [4.78, 5) is 27.6. The molecule has 2 rings (SSSR count). The van der Waals surface area contributed by atoms with Crippen molar-refractivity contribution in [2.24, 2.45) is 0 Å². The summed E-state index contributed by atoms with van der Waals surface area (Å²) in [5.41, 5.74) is 0.992. The maximum atomic E-state index is 12.5. The van der Waals surface area contributed by atoms with Gasteiger partial charge < -0.3 is 9.80 Å². The maximum absolute atomic E-state index is 12.5. The van der Waals surface area contributed by atoms with E-state index >= 15 is 0 Å². The molecule has 0 bridgehead atoms. The lowest BCUT2D eigenvalue weighted by atomic mass is 10.2. The molecule has 1 saturated heterocycles. The first kappa shape index (κ1) is 19.2. The van der Waals surface area contributed by atoms with Gasteiger partial charge in [0.15, 0.2) is 0 Å². The van der Waals surface area contributed by atoms with Crippen LogP contribution in [-0.2, 0) is 14.8 Å². The van der Waals surface area contributed by atoms with Crippen LogP contribution in [0.15, 0.2) is 24.3 Å². The zero-order chi connectivity index (χ0) is 18.6. The number of sulfonamides is 1. The van der Waals surface area contributed by atoms with Gasteiger partial charge in [0.2, 0.25) is 15.9 Å². The predicted molar refractivity (Wildman–Crippen MR) is 97.1 cm³/mol. The van der Waals surface area contributed by atoms with Crippen molar-refractivity contribution < 1.29 is 18.0 Å². The SMILES string of the molecule is CCN(CC)C(=O)CN(C)C(=O)c1ccc(N2CCCS2(=O)=O)cc1. The highest BCUT2D eigenvalue weighted by Gasteiger charge is 2.28. The van der Waals surface area contributed by atoms with Gasteiger partial charge in [-0.25, -0.2) is 8.42 Å². The van der Waals surface area contributed by atoms with Gasteiger partial charge in [-0.05, 0) is 44.5 Å². The molecule has 25 heavy (non-hydrogen) atoms. The molecule has 0 spiro atoms. The molecule has 1 aromatic rings. The van der Waals surface area contributed by atoms with Crippen LogP contribution in [0.25, 0.3) is 0 Å². The van der Waals surface area contributed by atoms with Crippen molar-refractivity contribution in [2.45, 2.75) is 20.3 Å². The Morgan fingerprint density at radius 2 is 1.72 bits per heavy atom. The van der Waals surface area contributed by atoms with Crippen molar-refractivity contribution in [3.05, 3.63) is 29.8 Å². The lowest BCUT2D eigenvalue weighted by Gasteiger charge is -2.23. The molecule has 1 aliphatic heterocycles. The molecule has 0 radical (unpaired) electrons. The van der Waals surface area contributed by atoms with E-state index < -0.39 is 10.0 Å². The number of amides is 2. The Hall–Kier alpha value is -2.09. The summed E-state index contributed by atoms with van der Waals surface area (Å²) < 4.78 is 25.2. The average Bonchev–Trinajstić information content (AvgIpc) is 2.94. The fourth-order valence-electron chi connectivity index (χ4n) is 2.87. The van der Waals surface area contributed by atoms with Gasteiger partial charge in [0, 0.05) is 32.2 Å². The highest BCUT2D eigenvalue weighted by molar-refractivity contribution is 7.93. The van der Waals surface area contributed by atoms with Crippen LogP contribution in [0.2, 0.25) is 0 Å². The summed E-state index contributed by atoms with van der Waals surface area (Å²) in [7, 11) is -1.65. The van der Waals surface area contributed by atoms with E-state index in [0.29, 0.717) is 37.3 Å². The molecule has 0 atom stereocenters. The molecule has 0 aromatic heterocycles. The number of benzene rings is 1. The number of carbonyl (C=O) groups is 2. The number of rotatable bonds is 6. The summed E-state index contributed by atoms with van der Waals surface area (Å²) in [6.45, 7) is 5.49. The standard InChI is InChI=1S/C17H25N3O4S/c1-4-19(5-2)16(21)13-18(3)17(22)14-7-9-15(10-8-14)20-11-6-12-25(20,23)24/h7-10H,4-6,11-13H2,1-3H3. The second-order valence-electron chi connectivity index (χ2n) is 6.02. The fourth-order valence-corrected chi connectivity index (χ4v) is 4.44. The normalized spacial score (nSPS) is 15.9. The summed E-state index contributed by atoms with van der Waals surface area (Å²) in [5, 5.41) is 0. The zero-order valence-corrected chi connectivity index (χ0v) is 15.8. The van der Waals surface area contributed by atoms with Crippen LogP contribution < -0.4 is 4.31 Å². The number of hydrogen-bond acceptors (Lipinski definition) is 4. The maximum Gasteiger partial charge on any atom is 0.254 e. The second kappa shape index (κ2) is 7.86. The van der Waals surface area contributed by atoms with E-state index in [9.17, 15) is 18.0 Å². The zero-order valence-electron chi connectivity index (χ0n) is 14.9. The molecule has 1 aromatic carbocycles. The summed E-state index contributed by atoms with van der Waals surface area (Å²) in [6, 6.07) is 6.47. The van der Waals surface area contributed by atoms with E-state index in [1.165, 1.54) is 9.21 Å². The first-order valence-corrected chi connectivity index (χ1v) is 10.0. The third-order valence-electron chi connectivity index (χ3n) is 4.34. The molecule has 138 valence electrons. The minimum absolute atomic E-state index is 0.0166. The van der Waals surface area contributed by atoms with Crippen molar-refractivity contribution >= 4 is 27.5 Å². The number of likely N-dealkylation sites (N-methyl/N-ethyl adjacent to an activating group) is 2. The fraction of sp³-hybridized carbons (Fsp3) is 0.529. The number of hydrogen-bond donors (Lipinski definition) is 0. The van der Waals surface area contributed by atoms with Crippen LogP contribution in [0.4, 0.5) is 5.69 Å². The highest BCUT2D eigenvalue weighted by Crippen LogP contribution is 2.24. The van der Waals surface area contributed by atoms with Gasteiger partial charge in [0.1, 0.15) is 0 Å². The third kappa shape index (κ3) is 4.31. The van der Waals surface area contributed by atoms with Crippen LogP contribution in [-0.4, -0.2) is 69.0 Å². The van der Waals surface area contributed by atoms with Gasteiger partial charge in [-0.1, -0.05) is 0 Å². The van der Waals surface area contributed by atoms with Crippen molar-refractivity contribution in [3.8, 4) is 0 Å². The molecule has 0 aliphatic carbocycles. The van der Waals surface area contributed by atoms with Crippen molar-refractivity contribution in [2.75, 3.05) is 43.3 Å². The molecule has 1 heterocycles. The van der Waals surface area contributed by atoms with Gasteiger partial charge in [-0.3, -0.25) is 13.9 Å². The Morgan fingerprint density at radius 3 is 2.20 bits per heavy atom. The molecular weight excluding hydrogens is 342 g/mol. The summed E-state index contributed by atoms with van der Waals surface area (Å²) in [6.07, 6.45) is 0.610. The molecule has 1 fully saturated rings. The molecule has 2 amide bonds. The highest BCUT2D eigenvalue weighted by atomic mass is 32.2. The quantitative estimate of drug-likeness (QED) is 0.756. The molecule has 0 saturated carbocycles. The van der Waals surface area contributed by atoms with Gasteiger partial charge >= 0.3 is 0 Å². The van der Waals surface area contributed by atoms with Gasteiger partial charge in [0.25, 0.3) is 5.91 Å². The Morgan fingerprint density at radius 1 is 1.12 bits per heavy atom. The summed E-state index contributed by atoms with van der Waals surface area (Å²) in [5.74, 6) is -0.207. The molecule has 7 nitrogen and oxygen atoms in total. The first-order valence-electron chi connectivity index (χ1n) is 8.43. The third-order valence-corrected chi connectivity index (χ3v) is 6.21. The number of carbonyl (C=O) groups excluding carboxylic acids is 2. The van der Waals surface area contributed by atoms with Crippen LogP contribution in [0.1, 0.15) is 30.6 Å². The van der Waals surface area contributed by atoms with E-state index in [1.807, 2.05) is 13.8 Å². The molecule has 8 heteroatoms. The number of anilines is 1. The van der Waals surface area contributed by atoms with E-state index in [-0.39, 0.29) is 24.1 Å². The minimum atomic E-state index is -3.23. The van der Waals surface area contributed by atoms with Gasteiger partial charge in [-0.15, -0.1) is 0 Å². The Bertz CT molecular complexity index is 727. The van der Waals surface area contributed by atoms with Gasteiger partial charge in [-0.2, -0.15) is 0 Å². The van der Waals surface area contributed by atoms with Crippen LogP contribution in [0.3, 0.4) is 0 Å². The Kier molecular flexibility index (Phi) is 6.05. The Balaban J connectivity index is 2.06. The minimum Gasteiger partial charge on any atom is -0.342 e. The van der Waals surface area contributed by atoms with E-state index in [1.54, 1.807) is 36.2 Å². The first-order chi connectivity index (χ1) is 11.8. The monoisotopic (exact) mass is 367 g/mol. The predicted octanol–water partition coefficient (Wildman–Crippen LogP) is 1.17. The van der Waals surface area contributed by atoms with E-state index in [4.69, 9.17) is 0 Å². The average molecular weight is 367 g/mol. The van der Waals surface area contributed by atoms with Crippen LogP contribution >= 0.6 is 0 Å². The number of nitrogens with zero attached hydrogens (tertiary/aromatic N) is 3. The molecule has 0 unspecified atom stereocenters. The largest absolute Gasteiger partial charge is 0.342 e. The molecular formula is C17H25N3O4S. The second-order valence-corrected chi connectivity index (χ2v) is 8.03. The van der Waals surface area contributed by atoms with Crippen LogP contribution in [0.5, 0.6) is 0 Å². The summed E-state index contributed by atoms with van der Waals surface area (Å²) >= 11 is 0. The van der Waals surface area contributed by atoms with E-state index in [0.717, 1.165) is 0 Å². The van der Waals surface area contributed by atoms with Crippen molar-refractivity contribution in [1.82, 2.24) is 9.80 Å². The topological polar surface area (TPSA) is 78.0 Å². The smallest absolute Gasteiger partial charge is 0.254 e. The lowest BCUT2D eigenvalue weighted by Crippen LogP contribution is -2.41. The molecule has 0 N–H and O–H groups in total. The molecule has 1 aliphatic rings. The lowest BCUT2D eigenvalue weighted by molar-refractivity contribution is -0.131. The Labute approximate surface area is 149 Å². The van der Waals surface area contributed by atoms with Crippen molar-refractivity contribution in [1.29, 1.82) is 0 Å². The van der Waals surface area contributed by atoms with Crippen LogP contribution in [0, 0.1) is 0 Å². The van der Waals surface area contributed by atoms with E-state index in [2.05, 4.69) is 0 Å². The van der Waals surface area contributed by atoms with Crippen molar-refractivity contribution in [3.63, 3.8) is 0 Å².